The van der Waals surface area contributed by atoms with Gasteiger partial charge in [0.2, 0.25) is 5.12 Å². The van der Waals surface area contributed by atoms with Crippen molar-refractivity contribution in [1.29, 1.82) is 0 Å². The number of carbonyl (C=O) groups is 3. The molecule has 0 heterocycles. The van der Waals surface area contributed by atoms with E-state index in [2.05, 4.69) is 19.5 Å². The molecule has 0 aliphatic carbocycles. The number of benzene rings is 2. The maximum Gasteiger partial charge on any atom is 0.573 e. The first-order chi connectivity index (χ1) is 15.4. The Kier molecular flexibility index (Phi) is 8.70. The van der Waals surface area contributed by atoms with E-state index in [-0.39, 0.29) is 28.4 Å². The molecule has 0 spiro atoms. The zero-order chi connectivity index (χ0) is 24.6. The van der Waals surface area contributed by atoms with Crippen LogP contribution in [0.15, 0.2) is 53.4 Å². The van der Waals surface area contributed by atoms with E-state index >= 15 is 0 Å². The number of rotatable bonds is 9. The van der Waals surface area contributed by atoms with Crippen LogP contribution in [0.25, 0.3) is 0 Å². The van der Waals surface area contributed by atoms with Crippen molar-refractivity contribution in [1.82, 2.24) is 5.32 Å². The zero-order valence-corrected chi connectivity index (χ0v) is 18.5. The number of amides is 1. The monoisotopic (exact) mass is 506 g/mol. The van der Waals surface area contributed by atoms with E-state index < -0.39 is 39.1 Å². The predicted octanol–water partition coefficient (Wildman–Crippen LogP) is 3.18. The molecule has 2 aromatic rings. The SMILES string of the molecule is COC(=O)NCC(=O)SCC(=O)c1ccc(NS(=O)(=O)c2ccc(OC(F)(F)F)cc2)cc1. The van der Waals surface area contributed by atoms with Gasteiger partial charge in [-0.2, -0.15) is 0 Å². The number of hydrogen-bond donors (Lipinski definition) is 2. The van der Waals surface area contributed by atoms with E-state index in [1.807, 2.05) is 0 Å². The second-order valence-electron chi connectivity index (χ2n) is 6.13. The molecule has 0 unspecified atom stereocenters. The Morgan fingerprint density at radius 3 is 2.15 bits per heavy atom. The molecule has 2 N–H and O–H groups in total. The van der Waals surface area contributed by atoms with Crippen LogP contribution in [0, 0.1) is 0 Å². The number of ether oxygens (including phenoxy) is 2. The van der Waals surface area contributed by atoms with Crippen molar-refractivity contribution in [3.63, 3.8) is 0 Å². The first kappa shape index (κ1) is 26.0. The minimum atomic E-state index is -4.90. The van der Waals surface area contributed by atoms with Crippen molar-refractivity contribution < 1.29 is 45.4 Å². The number of alkyl carbamates (subject to hydrolysis) is 1. The van der Waals surface area contributed by atoms with E-state index in [0.717, 1.165) is 31.4 Å². The van der Waals surface area contributed by atoms with Gasteiger partial charge in [-0.05, 0) is 48.5 Å². The fraction of sp³-hybridized carbons (Fsp3) is 0.211. The molecule has 0 atom stereocenters. The molecule has 0 aromatic heterocycles. The van der Waals surface area contributed by atoms with Crippen LogP contribution in [-0.2, 0) is 19.6 Å². The number of sulfonamides is 1. The van der Waals surface area contributed by atoms with Crippen LogP contribution in [0.1, 0.15) is 10.4 Å². The maximum absolute atomic E-state index is 12.4. The summed E-state index contributed by atoms with van der Waals surface area (Å²) in [5.41, 5.74) is 0.320. The van der Waals surface area contributed by atoms with E-state index in [9.17, 15) is 36.0 Å². The van der Waals surface area contributed by atoms with Crippen LogP contribution < -0.4 is 14.8 Å². The minimum Gasteiger partial charge on any atom is -0.453 e. The number of halogens is 3. The summed E-state index contributed by atoms with van der Waals surface area (Å²) in [7, 11) is -2.97. The van der Waals surface area contributed by atoms with Gasteiger partial charge in [0.1, 0.15) is 5.75 Å². The van der Waals surface area contributed by atoms with Gasteiger partial charge in [0.05, 0.1) is 24.3 Å². The van der Waals surface area contributed by atoms with Crippen LogP contribution in [0.2, 0.25) is 0 Å². The van der Waals surface area contributed by atoms with Gasteiger partial charge in [-0.25, -0.2) is 13.2 Å². The molecule has 2 rings (SSSR count). The van der Waals surface area contributed by atoms with Crippen molar-refractivity contribution in [2.75, 3.05) is 24.1 Å². The van der Waals surface area contributed by atoms with Gasteiger partial charge in [0.25, 0.3) is 10.0 Å². The molecule has 0 saturated heterocycles. The summed E-state index contributed by atoms with van der Waals surface area (Å²) >= 11 is 0.697. The highest BCUT2D eigenvalue weighted by atomic mass is 32.2. The lowest BCUT2D eigenvalue weighted by Crippen LogP contribution is -2.28. The molecule has 0 saturated carbocycles. The second kappa shape index (κ2) is 11.0. The minimum absolute atomic E-state index is 0.105. The highest BCUT2D eigenvalue weighted by Crippen LogP contribution is 2.25. The average molecular weight is 506 g/mol. The van der Waals surface area contributed by atoms with Gasteiger partial charge in [-0.15, -0.1) is 13.2 Å². The fourth-order valence-corrected chi connectivity index (χ4v) is 3.95. The molecule has 1 amide bonds. The van der Waals surface area contributed by atoms with Crippen LogP contribution in [-0.4, -0.2) is 51.2 Å². The number of thioether (sulfide) groups is 1. The van der Waals surface area contributed by atoms with Crippen LogP contribution >= 0.6 is 11.8 Å². The van der Waals surface area contributed by atoms with Crippen molar-refractivity contribution >= 4 is 44.5 Å². The van der Waals surface area contributed by atoms with Gasteiger partial charge in [-0.1, -0.05) is 11.8 Å². The van der Waals surface area contributed by atoms with Gasteiger partial charge in [-0.3, -0.25) is 14.3 Å². The highest BCUT2D eigenvalue weighted by molar-refractivity contribution is 8.14. The first-order valence-corrected chi connectivity index (χ1v) is 11.4. The third kappa shape index (κ3) is 8.65. The summed E-state index contributed by atoms with van der Waals surface area (Å²) < 4.78 is 71.7. The average Bonchev–Trinajstić information content (AvgIpc) is 2.75. The molecule has 0 aliphatic heterocycles. The summed E-state index contributed by atoms with van der Waals surface area (Å²) in [6, 6.07) is 8.95. The fourth-order valence-electron chi connectivity index (χ4n) is 2.26. The van der Waals surface area contributed by atoms with Crippen molar-refractivity contribution in [3.8, 4) is 5.75 Å². The number of nitrogens with one attached hydrogen (secondary N) is 2. The standard InChI is InChI=1S/C19H17F3N2O7S2/c1-30-18(27)23-10-17(26)32-11-16(25)12-2-4-13(5-3-12)24-33(28,29)15-8-6-14(7-9-15)31-19(20,21)22/h2-9,24H,10-11H2,1H3,(H,23,27). The Balaban J connectivity index is 1.94. The summed E-state index contributed by atoms with van der Waals surface area (Å²) in [5.74, 6) is -1.16. The predicted molar refractivity (Wildman–Crippen MR) is 113 cm³/mol. The molecule has 0 fully saturated rings. The molecule has 0 aliphatic rings. The Labute approximate surface area is 190 Å². The third-order valence-corrected chi connectivity index (χ3v) is 6.02. The van der Waals surface area contributed by atoms with Crippen LogP contribution in [0.3, 0.4) is 0 Å². The van der Waals surface area contributed by atoms with Gasteiger partial charge >= 0.3 is 12.5 Å². The van der Waals surface area contributed by atoms with Crippen molar-refractivity contribution in [3.05, 3.63) is 54.1 Å². The quantitative estimate of drug-likeness (QED) is 0.497. The van der Waals surface area contributed by atoms with Gasteiger partial charge in [0.15, 0.2) is 5.78 Å². The van der Waals surface area contributed by atoms with E-state index in [1.54, 1.807) is 0 Å². The van der Waals surface area contributed by atoms with E-state index in [1.165, 1.54) is 24.3 Å². The van der Waals surface area contributed by atoms with Crippen LogP contribution in [0.4, 0.5) is 23.7 Å². The lowest BCUT2D eigenvalue weighted by Gasteiger charge is -2.11. The van der Waals surface area contributed by atoms with Gasteiger partial charge in [0, 0.05) is 11.3 Å². The third-order valence-electron chi connectivity index (χ3n) is 3.75. The number of alkyl halides is 3. The summed E-state index contributed by atoms with van der Waals surface area (Å²) in [4.78, 5) is 34.4. The molecule has 178 valence electrons. The highest BCUT2D eigenvalue weighted by Gasteiger charge is 2.31. The zero-order valence-electron chi connectivity index (χ0n) is 16.8. The Morgan fingerprint density at radius 2 is 1.61 bits per heavy atom. The number of hydrogen-bond acceptors (Lipinski definition) is 8. The summed E-state index contributed by atoms with van der Waals surface area (Å²) in [6.07, 6.45) is -5.68. The molecular weight excluding hydrogens is 489 g/mol. The number of ketones is 1. The molecule has 9 nitrogen and oxygen atoms in total. The van der Waals surface area contributed by atoms with Crippen LogP contribution in [0.5, 0.6) is 5.75 Å². The number of Topliss-reactive ketones (excluding diaryl/α,β-unsaturated/α-hetero) is 1. The molecule has 33 heavy (non-hydrogen) atoms. The van der Waals surface area contributed by atoms with Crippen molar-refractivity contribution in [2.45, 2.75) is 11.3 Å². The summed E-state index contributed by atoms with van der Waals surface area (Å²) in [6.45, 7) is -0.311. The number of carbonyl (C=O) groups excluding carboxylic acids is 3. The van der Waals surface area contributed by atoms with E-state index in [0.29, 0.717) is 11.8 Å². The molecular formula is C19H17F3N2O7S2. The molecule has 0 bridgehead atoms. The molecule has 14 heteroatoms. The molecule has 0 radical (unpaired) electrons. The molecule has 2 aromatic carbocycles. The first-order valence-electron chi connectivity index (χ1n) is 8.89. The van der Waals surface area contributed by atoms with E-state index in [4.69, 9.17) is 0 Å². The number of methoxy groups -OCH3 is 1. The number of anilines is 1. The summed E-state index contributed by atoms with van der Waals surface area (Å²) in [5, 5.41) is 1.73. The normalized spacial score (nSPS) is 11.4. The Bertz CT molecular complexity index is 1100. The topological polar surface area (TPSA) is 128 Å². The Hall–Kier alpha value is -3.26. The maximum atomic E-state index is 12.4. The largest absolute Gasteiger partial charge is 0.573 e. The Morgan fingerprint density at radius 1 is 1.00 bits per heavy atom. The second-order valence-corrected chi connectivity index (χ2v) is 8.85. The smallest absolute Gasteiger partial charge is 0.453 e. The van der Waals surface area contributed by atoms with Gasteiger partial charge < -0.3 is 14.8 Å². The lowest BCUT2D eigenvalue weighted by molar-refractivity contribution is -0.274. The lowest BCUT2D eigenvalue weighted by atomic mass is 10.1. The van der Waals surface area contributed by atoms with Crippen molar-refractivity contribution in [2.24, 2.45) is 0 Å².